The first-order valence-corrected chi connectivity index (χ1v) is 7.11. The number of nitrogens with one attached hydrogen (secondary N) is 1. The summed E-state index contributed by atoms with van der Waals surface area (Å²) < 4.78 is 5.09. The van der Waals surface area contributed by atoms with E-state index >= 15 is 0 Å². The van der Waals surface area contributed by atoms with Crippen LogP contribution in [-0.2, 0) is 14.3 Å². The first-order valence-electron chi connectivity index (χ1n) is 7.11. The Morgan fingerprint density at radius 2 is 1.71 bits per heavy atom. The van der Waals surface area contributed by atoms with E-state index in [0.717, 1.165) is 0 Å². The third-order valence-electron chi connectivity index (χ3n) is 2.50. The first kappa shape index (κ1) is 21.4. The van der Waals surface area contributed by atoms with Crippen molar-refractivity contribution in [1.82, 2.24) is 5.32 Å². The lowest BCUT2D eigenvalue weighted by Gasteiger charge is -2.07. The van der Waals surface area contributed by atoms with Gasteiger partial charge in [-0.15, -0.1) is 0 Å². The normalized spacial score (nSPS) is 10.9. The molecule has 6 N–H and O–H groups in total. The highest BCUT2D eigenvalue weighted by Gasteiger charge is 2.06. The van der Waals surface area contributed by atoms with Crippen molar-refractivity contribution < 1.29 is 34.4 Å². The van der Waals surface area contributed by atoms with E-state index in [1.54, 1.807) is 31.2 Å². The maximum absolute atomic E-state index is 11.6. The summed E-state index contributed by atoms with van der Waals surface area (Å²) in [5, 5.41) is 26.8. The van der Waals surface area contributed by atoms with Crippen molar-refractivity contribution in [3.8, 4) is 0 Å². The van der Waals surface area contributed by atoms with Gasteiger partial charge < -0.3 is 31.1 Å². The highest BCUT2D eigenvalue weighted by molar-refractivity contribution is 6.27. The van der Waals surface area contributed by atoms with Crippen molar-refractivity contribution in [2.45, 2.75) is 19.4 Å². The number of carbonyl (C=O) groups is 3. The average molecular weight is 342 g/mol. The topological polar surface area (TPSA) is 159 Å². The molecular formula is C15H22N2O7. The van der Waals surface area contributed by atoms with Crippen LogP contribution in [0.2, 0.25) is 0 Å². The third-order valence-corrected chi connectivity index (χ3v) is 2.50. The minimum Gasteiger partial charge on any atom is -0.473 e. The van der Waals surface area contributed by atoms with Gasteiger partial charge in [-0.1, -0.05) is 0 Å². The fourth-order valence-corrected chi connectivity index (χ4v) is 1.38. The van der Waals surface area contributed by atoms with Crippen LogP contribution in [0.5, 0.6) is 0 Å². The Kier molecular flexibility index (Phi) is 10.5. The quantitative estimate of drug-likeness (QED) is 0.198. The van der Waals surface area contributed by atoms with Crippen molar-refractivity contribution in [2.75, 3.05) is 25.4 Å². The van der Waals surface area contributed by atoms with Gasteiger partial charge in [-0.3, -0.25) is 0 Å². The number of rotatable bonds is 7. The molecule has 0 aliphatic carbocycles. The lowest BCUT2D eigenvalue weighted by molar-refractivity contribution is -0.159. The second-order valence-electron chi connectivity index (χ2n) is 4.77. The molecule has 0 aliphatic heterocycles. The van der Waals surface area contributed by atoms with Crippen LogP contribution < -0.4 is 11.1 Å². The molecule has 0 saturated heterocycles. The monoisotopic (exact) mass is 342 g/mol. The highest BCUT2D eigenvalue weighted by atomic mass is 16.5. The number of esters is 1. The van der Waals surface area contributed by atoms with Crippen LogP contribution in [0.3, 0.4) is 0 Å². The van der Waals surface area contributed by atoms with E-state index in [0.29, 0.717) is 37.4 Å². The highest BCUT2D eigenvalue weighted by Crippen LogP contribution is 2.06. The SMILES string of the molecule is CC(O)CNCCCOC(=O)c1ccc(N)cc1.O=C(O)C(=O)O. The van der Waals surface area contributed by atoms with Crippen LogP contribution in [0.1, 0.15) is 23.7 Å². The number of aliphatic carboxylic acids is 2. The minimum absolute atomic E-state index is 0.342. The van der Waals surface area contributed by atoms with E-state index in [4.69, 9.17) is 35.4 Å². The van der Waals surface area contributed by atoms with Gasteiger partial charge in [0, 0.05) is 12.2 Å². The van der Waals surface area contributed by atoms with Gasteiger partial charge in [0.2, 0.25) is 0 Å². The third kappa shape index (κ3) is 11.0. The molecule has 0 aromatic heterocycles. The van der Waals surface area contributed by atoms with Crippen molar-refractivity contribution in [1.29, 1.82) is 0 Å². The second kappa shape index (κ2) is 11.9. The summed E-state index contributed by atoms with van der Waals surface area (Å²) in [5.41, 5.74) is 6.65. The van der Waals surface area contributed by atoms with Crippen molar-refractivity contribution in [2.24, 2.45) is 0 Å². The predicted molar refractivity (Wildman–Crippen MR) is 85.6 cm³/mol. The molecule has 1 unspecified atom stereocenters. The molecule has 0 radical (unpaired) electrons. The molecule has 1 aromatic rings. The van der Waals surface area contributed by atoms with Crippen LogP contribution in [-0.4, -0.2) is 59.0 Å². The van der Waals surface area contributed by atoms with Crippen molar-refractivity contribution in [3.05, 3.63) is 29.8 Å². The lowest BCUT2D eigenvalue weighted by atomic mass is 10.2. The lowest BCUT2D eigenvalue weighted by Crippen LogP contribution is -2.26. The number of carbonyl (C=O) groups excluding carboxylic acids is 1. The summed E-state index contributed by atoms with van der Waals surface area (Å²) in [4.78, 5) is 29.8. The van der Waals surface area contributed by atoms with Gasteiger partial charge in [-0.25, -0.2) is 14.4 Å². The standard InChI is InChI=1S/C13H20N2O3.C2H2O4/c1-10(16)9-15-7-2-8-18-13(17)11-3-5-12(14)6-4-11;3-1(4)2(5)6/h3-6,10,15-16H,2,7-9,14H2,1H3;(H,3,4)(H,5,6). The zero-order valence-corrected chi connectivity index (χ0v) is 13.3. The molecule has 1 atom stereocenters. The van der Waals surface area contributed by atoms with Crippen LogP contribution in [0.4, 0.5) is 5.69 Å². The summed E-state index contributed by atoms with van der Waals surface area (Å²) in [7, 11) is 0. The molecule has 0 bridgehead atoms. The summed E-state index contributed by atoms with van der Waals surface area (Å²) in [6.07, 6.45) is 0.357. The van der Waals surface area contributed by atoms with Crippen LogP contribution in [0, 0.1) is 0 Å². The van der Waals surface area contributed by atoms with Gasteiger partial charge in [0.25, 0.3) is 0 Å². The average Bonchev–Trinajstić information content (AvgIpc) is 2.51. The number of anilines is 1. The smallest absolute Gasteiger partial charge is 0.414 e. The van der Waals surface area contributed by atoms with Gasteiger partial charge in [0.1, 0.15) is 0 Å². The number of hydrogen-bond acceptors (Lipinski definition) is 7. The number of nitrogens with two attached hydrogens (primary N) is 1. The van der Waals surface area contributed by atoms with E-state index in [9.17, 15) is 4.79 Å². The van der Waals surface area contributed by atoms with Crippen LogP contribution in [0.25, 0.3) is 0 Å². The van der Waals surface area contributed by atoms with E-state index < -0.39 is 11.9 Å². The molecular weight excluding hydrogens is 320 g/mol. The Bertz CT molecular complexity index is 517. The van der Waals surface area contributed by atoms with Crippen LogP contribution in [0.15, 0.2) is 24.3 Å². The Balaban J connectivity index is 0.000000754. The van der Waals surface area contributed by atoms with Gasteiger partial charge in [-0.05, 0) is 44.2 Å². The molecule has 0 fully saturated rings. The molecule has 0 heterocycles. The number of ether oxygens (including phenoxy) is 1. The molecule has 134 valence electrons. The molecule has 9 heteroatoms. The van der Waals surface area contributed by atoms with Gasteiger partial charge in [0.05, 0.1) is 18.3 Å². The molecule has 0 spiro atoms. The summed E-state index contributed by atoms with van der Waals surface area (Å²) in [6.45, 7) is 3.33. The number of aliphatic hydroxyl groups is 1. The number of hydrogen-bond donors (Lipinski definition) is 5. The maximum Gasteiger partial charge on any atom is 0.414 e. The fourth-order valence-electron chi connectivity index (χ4n) is 1.38. The van der Waals surface area contributed by atoms with Crippen molar-refractivity contribution >= 4 is 23.6 Å². The molecule has 1 aromatic carbocycles. The summed E-state index contributed by atoms with van der Waals surface area (Å²) in [5.74, 6) is -3.99. The number of carboxylic acid groups (broad SMARTS) is 2. The van der Waals surface area contributed by atoms with Gasteiger partial charge in [0.15, 0.2) is 0 Å². The van der Waals surface area contributed by atoms with E-state index in [1.165, 1.54) is 0 Å². The second-order valence-corrected chi connectivity index (χ2v) is 4.77. The number of carboxylic acids is 2. The molecule has 0 aliphatic rings. The zero-order chi connectivity index (χ0) is 18.5. The minimum atomic E-state index is -1.82. The van der Waals surface area contributed by atoms with Gasteiger partial charge in [-0.2, -0.15) is 0 Å². The Hall–Kier alpha value is -2.65. The molecule has 1 rings (SSSR count). The van der Waals surface area contributed by atoms with E-state index in [-0.39, 0.29) is 12.1 Å². The Labute approximate surface area is 139 Å². The predicted octanol–water partition coefficient (Wildman–Crippen LogP) is -0.0583. The first-order chi connectivity index (χ1) is 11.2. The number of aliphatic hydroxyl groups excluding tert-OH is 1. The Morgan fingerprint density at radius 1 is 1.17 bits per heavy atom. The molecule has 24 heavy (non-hydrogen) atoms. The number of benzene rings is 1. The molecule has 0 saturated carbocycles. The Morgan fingerprint density at radius 3 is 2.17 bits per heavy atom. The molecule has 0 amide bonds. The number of nitrogen functional groups attached to an aromatic ring is 1. The summed E-state index contributed by atoms with van der Waals surface area (Å²) >= 11 is 0. The van der Waals surface area contributed by atoms with E-state index in [1.807, 2.05) is 0 Å². The summed E-state index contributed by atoms with van der Waals surface area (Å²) in [6, 6.07) is 6.62. The van der Waals surface area contributed by atoms with Crippen molar-refractivity contribution in [3.63, 3.8) is 0 Å². The van der Waals surface area contributed by atoms with Crippen LogP contribution >= 0.6 is 0 Å². The van der Waals surface area contributed by atoms with Gasteiger partial charge >= 0.3 is 17.9 Å². The zero-order valence-electron chi connectivity index (χ0n) is 13.3. The van der Waals surface area contributed by atoms with E-state index in [2.05, 4.69) is 5.32 Å². The molecule has 9 nitrogen and oxygen atoms in total. The fraction of sp³-hybridized carbons (Fsp3) is 0.400. The largest absolute Gasteiger partial charge is 0.473 e. The maximum atomic E-state index is 11.6.